The molecule has 180 valence electrons. The summed E-state index contributed by atoms with van der Waals surface area (Å²) in [6.07, 6.45) is 1.26. The summed E-state index contributed by atoms with van der Waals surface area (Å²) < 4.78 is 47.0. The lowest BCUT2D eigenvalue weighted by atomic mass is 9.93. The number of hydrogen-bond acceptors (Lipinski definition) is 4. The molecule has 0 bridgehead atoms. The lowest BCUT2D eigenvalue weighted by Crippen LogP contribution is -2.43. The number of benzene rings is 1. The number of rotatable bonds is 8. The summed E-state index contributed by atoms with van der Waals surface area (Å²) in [5.41, 5.74) is 5.46. The van der Waals surface area contributed by atoms with Crippen molar-refractivity contribution in [2.24, 2.45) is 17.6 Å². The standard InChI is InChI=1S/C25H32F3N3O2/c1-16(2)14-24(3,29)15-33-21-9-8-18(12-20(21)25(26,27)28)19-10-11-30-22(13-19)31-23(32)17-6-4-5-7-17/h8-13,16-17H,4-7,14-15,29H2,1-3H3,(H,30,31,32)/t24-/m0/s1. The summed E-state index contributed by atoms with van der Waals surface area (Å²) in [5, 5.41) is 2.79. The van der Waals surface area contributed by atoms with Gasteiger partial charge in [-0.15, -0.1) is 0 Å². The first-order chi connectivity index (χ1) is 15.4. The number of hydrogen-bond donors (Lipinski definition) is 2. The number of aromatic nitrogens is 1. The van der Waals surface area contributed by atoms with Gasteiger partial charge in [0.25, 0.3) is 0 Å². The fourth-order valence-electron chi connectivity index (χ4n) is 4.39. The van der Waals surface area contributed by atoms with Crippen LogP contribution in [0.4, 0.5) is 19.0 Å². The maximum atomic E-state index is 13.8. The second-order valence-electron chi connectivity index (χ2n) is 9.65. The zero-order valence-electron chi connectivity index (χ0n) is 19.3. The van der Waals surface area contributed by atoms with Crippen LogP contribution in [0.25, 0.3) is 11.1 Å². The van der Waals surface area contributed by atoms with Crippen LogP contribution in [0.5, 0.6) is 5.75 Å². The van der Waals surface area contributed by atoms with Crippen molar-refractivity contribution < 1.29 is 22.7 Å². The minimum absolute atomic E-state index is 0.0276. The molecular formula is C25H32F3N3O2. The van der Waals surface area contributed by atoms with E-state index in [-0.39, 0.29) is 24.2 Å². The number of alkyl halides is 3. The molecule has 0 unspecified atom stereocenters. The molecule has 1 aromatic heterocycles. The molecule has 1 aliphatic rings. The summed E-state index contributed by atoms with van der Waals surface area (Å²) in [6, 6.07) is 7.15. The molecule has 1 fully saturated rings. The van der Waals surface area contributed by atoms with Crippen LogP contribution in [0.3, 0.4) is 0 Å². The fourth-order valence-corrected chi connectivity index (χ4v) is 4.39. The van der Waals surface area contributed by atoms with E-state index in [4.69, 9.17) is 10.5 Å². The van der Waals surface area contributed by atoms with Gasteiger partial charge in [0, 0.05) is 17.7 Å². The quantitative estimate of drug-likeness (QED) is 0.500. The summed E-state index contributed by atoms with van der Waals surface area (Å²) in [5.74, 6) is 0.236. The van der Waals surface area contributed by atoms with Crippen LogP contribution in [-0.4, -0.2) is 23.0 Å². The largest absolute Gasteiger partial charge is 0.491 e. The number of carbonyl (C=O) groups is 1. The second kappa shape index (κ2) is 10.1. The Hall–Kier alpha value is -2.61. The van der Waals surface area contributed by atoms with Crippen molar-refractivity contribution in [1.29, 1.82) is 0 Å². The van der Waals surface area contributed by atoms with Crippen molar-refractivity contribution >= 4 is 11.7 Å². The van der Waals surface area contributed by atoms with Gasteiger partial charge in [0.1, 0.15) is 18.2 Å². The van der Waals surface area contributed by atoms with Gasteiger partial charge in [-0.05, 0) is 67.5 Å². The van der Waals surface area contributed by atoms with Crippen LogP contribution in [0.2, 0.25) is 0 Å². The molecule has 0 saturated heterocycles. The summed E-state index contributed by atoms with van der Waals surface area (Å²) in [7, 11) is 0. The Morgan fingerprint density at radius 3 is 2.48 bits per heavy atom. The maximum absolute atomic E-state index is 13.8. The lowest BCUT2D eigenvalue weighted by molar-refractivity contribution is -0.139. The van der Waals surface area contributed by atoms with Gasteiger partial charge in [-0.2, -0.15) is 13.2 Å². The molecule has 0 radical (unpaired) electrons. The molecule has 8 heteroatoms. The van der Waals surface area contributed by atoms with Gasteiger partial charge in [-0.3, -0.25) is 4.79 Å². The monoisotopic (exact) mass is 463 g/mol. The summed E-state index contributed by atoms with van der Waals surface area (Å²) in [4.78, 5) is 16.5. The van der Waals surface area contributed by atoms with Gasteiger partial charge in [-0.1, -0.05) is 32.8 Å². The minimum atomic E-state index is -4.60. The lowest BCUT2D eigenvalue weighted by Gasteiger charge is -2.27. The predicted molar refractivity (Wildman–Crippen MR) is 123 cm³/mol. The van der Waals surface area contributed by atoms with Gasteiger partial charge in [0.05, 0.1) is 5.56 Å². The molecule has 1 aliphatic carbocycles. The molecule has 1 saturated carbocycles. The summed E-state index contributed by atoms with van der Waals surface area (Å²) >= 11 is 0. The fraction of sp³-hybridized carbons (Fsp3) is 0.520. The van der Waals surface area contributed by atoms with E-state index in [2.05, 4.69) is 10.3 Å². The van der Waals surface area contributed by atoms with Crippen molar-refractivity contribution in [3.8, 4) is 16.9 Å². The highest BCUT2D eigenvalue weighted by Crippen LogP contribution is 2.39. The molecule has 2 aromatic rings. The highest BCUT2D eigenvalue weighted by molar-refractivity contribution is 5.92. The van der Waals surface area contributed by atoms with Gasteiger partial charge in [0.15, 0.2) is 0 Å². The molecule has 0 spiro atoms. The number of carbonyl (C=O) groups excluding carboxylic acids is 1. The number of nitrogens with zero attached hydrogens (tertiary/aromatic N) is 1. The number of halogens is 3. The SMILES string of the molecule is CC(C)C[C@](C)(N)COc1ccc(-c2ccnc(NC(=O)C3CCCC3)c2)cc1C(F)(F)F. The second-order valence-corrected chi connectivity index (χ2v) is 9.65. The van der Waals surface area contributed by atoms with E-state index in [1.54, 1.807) is 25.1 Å². The Labute approximate surface area is 192 Å². The molecule has 5 nitrogen and oxygen atoms in total. The molecular weight excluding hydrogens is 431 g/mol. The topological polar surface area (TPSA) is 77.2 Å². The Kier molecular flexibility index (Phi) is 7.67. The predicted octanol–water partition coefficient (Wildman–Crippen LogP) is 6.04. The van der Waals surface area contributed by atoms with E-state index in [0.717, 1.165) is 31.7 Å². The van der Waals surface area contributed by atoms with Crippen LogP contribution in [-0.2, 0) is 11.0 Å². The van der Waals surface area contributed by atoms with Gasteiger partial charge < -0.3 is 15.8 Å². The average Bonchev–Trinajstić information content (AvgIpc) is 3.26. The number of pyridine rings is 1. The first kappa shape index (κ1) is 25.0. The van der Waals surface area contributed by atoms with E-state index in [1.165, 1.54) is 12.3 Å². The number of nitrogens with two attached hydrogens (primary N) is 1. The van der Waals surface area contributed by atoms with Crippen molar-refractivity contribution in [3.63, 3.8) is 0 Å². The number of amides is 1. The van der Waals surface area contributed by atoms with Gasteiger partial charge in [-0.25, -0.2) is 4.98 Å². The zero-order valence-corrected chi connectivity index (χ0v) is 19.3. The third-order valence-corrected chi connectivity index (χ3v) is 5.79. The number of anilines is 1. The molecule has 0 aliphatic heterocycles. The molecule has 33 heavy (non-hydrogen) atoms. The van der Waals surface area contributed by atoms with E-state index in [1.807, 2.05) is 13.8 Å². The normalized spacial score (nSPS) is 16.6. The zero-order chi connectivity index (χ0) is 24.2. The van der Waals surface area contributed by atoms with Crippen LogP contribution in [0, 0.1) is 11.8 Å². The van der Waals surface area contributed by atoms with Crippen molar-refractivity contribution in [1.82, 2.24) is 4.98 Å². The Balaban J connectivity index is 1.82. The van der Waals surface area contributed by atoms with E-state index in [9.17, 15) is 18.0 Å². The van der Waals surface area contributed by atoms with Crippen LogP contribution < -0.4 is 15.8 Å². The Bertz CT molecular complexity index is 968. The maximum Gasteiger partial charge on any atom is 0.419 e. The smallest absolute Gasteiger partial charge is 0.419 e. The Morgan fingerprint density at radius 2 is 1.85 bits per heavy atom. The highest BCUT2D eigenvalue weighted by Gasteiger charge is 2.35. The van der Waals surface area contributed by atoms with E-state index < -0.39 is 17.3 Å². The van der Waals surface area contributed by atoms with Crippen LogP contribution >= 0.6 is 0 Å². The third-order valence-electron chi connectivity index (χ3n) is 5.79. The van der Waals surface area contributed by atoms with Crippen molar-refractivity contribution in [2.45, 2.75) is 64.6 Å². The van der Waals surface area contributed by atoms with E-state index >= 15 is 0 Å². The number of nitrogens with one attached hydrogen (secondary N) is 1. The highest BCUT2D eigenvalue weighted by atomic mass is 19.4. The minimum Gasteiger partial charge on any atom is -0.491 e. The Morgan fingerprint density at radius 1 is 1.18 bits per heavy atom. The average molecular weight is 464 g/mol. The number of ether oxygens (including phenoxy) is 1. The van der Waals surface area contributed by atoms with Crippen molar-refractivity contribution in [2.75, 3.05) is 11.9 Å². The first-order valence-corrected chi connectivity index (χ1v) is 11.3. The molecule has 1 aromatic carbocycles. The first-order valence-electron chi connectivity index (χ1n) is 11.3. The molecule has 3 N–H and O–H groups in total. The van der Waals surface area contributed by atoms with Crippen molar-refractivity contribution in [3.05, 3.63) is 42.1 Å². The molecule has 3 rings (SSSR count). The van der Waals surface area contributed by atoms with Crippen LogP contribution in [0.1, 0.15) is 58.4 Å². The molecule has 1 atom stereocenters. The third kappa shape index (κ3) is 6.93. The van der Waals surface area contributed by atoms with E-state index in [0.29, 0.717) is 29.3 Å². The summed E-state index contributed by atoms with van der Waals surface area (Å²) in [6.45, 7) is 5.74. The molecule has 1 amide bonds. The molecule has 1 heterocycles. The van der Waals surface area contributed by atoms with Gasteiger partial charge >= 0.3 is 6.18 Å². The van der Waals surface area contributed by atoms with Crippen LogP contribution in [0.15, 0.2) is 36.5 Å². The van der Waals surface area contributed by atoms with Gasteiger partial charge in [0.2, 0.25) is 5.91 Å².